The molecule has 0 saturated heterocycles. The summed E-state index contributed by atoms with van der Waals surface area (Å²) in [5.41, 5.74) is 1.78. The highest BCUT2D eigenvalue weighted by molar-refractivity contribution is 7.89. The summed E-state index contributed by atoms with van der Waals surface area (Å²) in [7, 11) is -3.67. The molecule has 19 heavy (non-hydrogen) atoms. The number of aromatic nitrogens is 2. The van der Waals surface area contributed by atoms with Crippen LogP contribution in [0.4, 0.5) is 0 Å². The van der Waals surface area contributed by atoms with Gasteiger partial charge in [-0.15, -0.1) is 0 Å². The summed E-state index contributed by atoms with van der Waals surface area (Å²) in [4.78, 5) is 7.68. The fourth-order valence-corrected chi connectivity index (χ4v) is 2.98. The second kappa shape index (κ2) is 5.64. The highest BCUT2D eigenvalue weighted by Gasteiger charge is 2.18. The average molecular weight is 298 g/mol. The average Bonchev–Trinajstić information content (AvgIpc) is 2.38. The van der Waals surface area contributed by atoms with E-state index in [2.05, 4.69) is 14.7 Å². The van der Waals surface area contributed by atoms with E-state index in [1.54, 1.807) is 18.5 Å². The first kappa shape index (κ1) is 13.9. The van der Waals surface area contributed by atoms with Crippen LogP contribution in [-0.2, 0) is 16.6 Å². The normalized spacial score (nSPS) is 11.5. The van der Waals surface area contributed by atoms with Gasteiger partial charge in [-0.3, -0.25) is 4.98 Å². The third-order valence-electron chi connectivity index (χ3n) is 2.60. The van der Waals surface area contributed by atoms with Gasteiger partial charge in [0, 0.05) is 25.1 Å². The van der Waals surface area contributed by atoms with E-state index in [1.165, 1.54) is 18.3 Å². The Morgan fingerprint density at radius 2 is 2.11 bits per heavy atom. The van der Waals surface area contributed by atoms with Crippen LogP contribution >= 0.6 is 11.6 Å². The van der Waals surface area contributed by atoms with Crippen LogP contribution in [0.25, 0.3) is 0 Å². The molecule has 0 saturated carbocycles. The first-order valence-electron chi connectivity index (χ1n) is 5.50. The molecule has 0 aliphatic carbocycles. The van der Waals surface area contributed by atoms with Crippen molar-refractivity contribution in [3.05, 3.63) is 53.1 Å². The number of rotatable bonds is 4. The van der Waals surface area contributed by atoms with Crippen molar-refractivity contribution >= 4 is 21.6 Å². The maximum atomic E-state index is 12.1. The maximum Gasteiger partial charge on any atom is 0.243 e. The highest BCUT2D eigenvalue weighted by atomic mass is 35.5. The molecule has 0 bridgehead atoms. The fourth-order valence-electron chi connectivity index (χ4n) is 1.52. The number of hydrogen-bond donors (Lipinski definition) is 1. The van der Waals surface area contributed by atoms with Crippen LogP contribution in [0.15, 0.2) is 41.7 Å². The second-order valence-electron chi connectivity index (χ2n) is 3.92. The summed E-state index contributed by atoms with van der Waals surface area (Å²) >= 11 is 5.78. The summed E-state index contributed by atoms with van der Waals surface area (Å²) in [5.74, 6) is 0. The molecular weight excluding hydrogens is 286 g/mol. The molecule has 0 atom stereocenters. The Kier molecular flexibility index (Phi) is 4.14. The number of halogens is 1. The van der Waals surface area contributed by atoms with Gasteiger partial charge in [0.15, 0.2) is 0 Å². The van der Waals surface area contributed by atoms with Crippen LogP contribution in [-0.4, -0.2) is 18.4 Å². The van der Waals surface area contributed by atoms with Crippen molar-refractivity contribution in [1.82, 2.24) is 14.7 Å². The number of hydrogen-bond acceptors (Lipinski definition) is 4. The van der Waals surface area contributed by atoms with Crippen molar-refractivity contribution in [2.45, 2.75) is 18.4 Å². The Labute approximate surface area is 116 Å². The first-order valence-corrected chi connectivity index (χ1v) is 7.36. The zero-order valence-corrected chi connectivity index (χ0v) is 11.7. The summed E-state index contributed by atoms with van der Waals surface area (Å²) in [6.07, 6.45) is 4.74. The predicted molar refractivity (Wildman–Crippen MR) is 72.2 cm³/mol. The molecule has 0 unspecified atom stereocenters. The van der Waals surface area contributed by atoms with Crippen LogP contribution in [0.1, 0.15) is 11.1 Å². The molecule has 0 amide bonds. The Morgan fingerprint density at radius 3 is 2.79 bits per heavy atom. The lowest BCUT2D eigenvalue weighted by molar-refractivity contribution is 0.581. The Balaban J connectivity index is 2.20. The quantitative estimate of drug-likeness (QED) is 0.875. The maximum absolute atomic E-state index is 12.1. The largest absolute Gasteiger partial charge is 0.264 e. The SMILES string of the molecule is Cc1cnccc1CNS(=O)(=O)c1cccnc1Cl. The molecule has 2 heterocycles. The van der Waals surface area contributed by atoms with E-state index in [0.717, 1.165) is 11.1 Å². The van der Waals surface area contributed by atoms with Gasteiger partial charge < -0.3 is 0 Å². The van der Waals surface area contributed by atoms with Gasteiger partial charge in [-0.1, -0.05) is 11.6 Å². The molecule has 0 radical (unpaired) electrons. The molecule has 2 rings (SSSR count). The smallest absolute Gasteiger partial charge is 0.243 e. The van der Waals surface area contributed by atoms with E-state index in [0.29, 0.717) is 0 Å². The van der Waals surface area contributed by atoms with Crippen LogP contribution in [0.5, 0.6) is 0 Å². The molecule has 1 N–H and O–H groups in total. The Hall–Kier alpha value is -1.50. The van der Waals surface area contributed by atoms with Gasteiger partial charge in [-0.2, -0.15) is 0 Å². The first-order chi connectivity index (χ1) is 9.00. The molecular formula is C12H12ClN3O2S. The summed E-state index contributed by atoms with van der Waals surface area (Å²) in [6, 6.07) is 4.71. The summed E-state index contributed by atoms with van der Waals surface area (Å²) in [6.45, 7) is 2.05. The molecule has 2 aromatic heterocycles. The zero-order valence-electron chi connectivity index (χ0n) is 10.2. The summed E-state index contributed by atoms with van der Waals surface area (Å²) < 4.78 is 26.7. The molecule has 100 valence electrons. The molecule has 0 aliphatic rings. The van der Waals surface area contributed by atoms with Crippen molar-refractivity contribution in [2.75, 3.05) is 0 Å². The lowest BCUT2D eigenvalue weighted by Crippen LogP contribution is -2.24. The van der Waals surface area contributed by atoms with Crippen molar-refractivity contribution in [2.24, 2.45) is 0 Å². The van der Waals surface area contributed by atoms with Gasteiger partial charge in [0.2, 0.25) is 10.0 Å². The van der Waals surface area contributed by atoms with E-state index < -0.39 is 10.0 Å². The van der Waals surface area contributed by atoms with Gasteiger partial charge in [-0.25, -0.2) is 18.1 Å². The van der Waals surface area contributed by atoms with E-state index >= 15 is 0 Å². The molecule has 7 heteroatoms. The molecule has 0 aliphatic heterocycles. The Morgan fingerprint density at radius 1 is 1.32 bits per heavy atom. The van der Waals surface area contributed by atoms with E-state index in [-0.39, 0.29) is 16.6 Å². The fraction of sp³-hybridized carbons (Fsp3) is 0.167. The molecule has 5 nitrogen and oxygen atoms in total. The van der Waals surface area contributed by atoms with E-state index in [1.807, 2.05) is 6.92 Å². The van der Waals surface area contributed by atoms with Crippen molar-refractivity contribution in [3.63, 3.8) is 0 Å². The minimum absolute atomic E-state index is 0.0247. The number of nitrogens with one attached hydrogen (secondary N) is 1. The van der Waals surface area contributed by atoms with Crippen molar-refractivity contribution in [3.8, 4) is 0 Å². The van der Waals surface area contributed by atoms with Crippen LogP contribution < -0.4 is 4.72 Å². The number of pyridine rings is 2. The lowest BCUT2D eigenvalue weighted by atomic mass is 10.2. The van der Waals surface area contributed by atoms with E-state index in [9.17, 15) is 8.42 Å². The second-order valence-corrected chi connectivity index (χ2v) is 6.01. The van der Waals surface area contributed by atoms with Crippen LogP contribution in [0.2, 0.25) is 5.15 Å². The molecule has 0 fully saturated rings. The molecule has 2 aromatic rings. The summed E-state index contributed by atoms with van der Waals surface area (Å²) in [5, 5.41) is -0.0403. The highest BCUT2D eigenvalue weighted by Crippen LogP contribution is 2.18. The molecule has 0 aromatic carbocycles. The van der Waals surface area contributed by atoms with Crippen LogP contribution in [0.3, 0.4) is 0 Å². The third-order valence-corrected chi connectivity index (χ3v) is 4.45. The van der Waals surface area contributed by atoms with Crippen LogP contribution in [0, 0.1) is 6.92 Å². The number of sulfonamides is 1. The monoisotopic (exact) mass is 297 g/mol. The number of aryl methyl sites for hydroxylation is 1. The van der Waals surface area contributed by atoms with Crippen molar-refractivity contribution < 1.29 is 8.42 Å². The Bertz CT molecular complexity index is 689. The minimum atomic E-state index is -3.67. The number of nitrogens with zero attached hydrogens (tertiary/aromatic N) is 2. The lowest BCUT2D eigenvalue weighted by Gasteiger charge is -2.09. The van der Waals surface area contributed by atoms with Gasteiger partial charge in [0.25, 0.3) is 0 Å². The van der Waals surface area contributed by atoms with Gasteiger partial charge in [0.1, 0.15) is 10.0 Å². The van der Waals surface area contributed by atoms with Crippen molar-refractivity contribution in [1.29, 1.82) is 0 Å². The van der Waals surface area contributed by atoms with Gasteiger partial charge in [-0.05, 0) is 36.2 Å². The van der Waals surface area contributed by atoms with E-state index in [4.69, 9.17) is 11.6 Å². The molecule has 0 spiro atoms. The van der Waals surface area contributed by atoms with Gasteiger partial charge in [0.05, 0.1) is 0 Å². The zero-order chi connectivity index (χ0) is 13.9. The third kappa shape index (κ3) is 3.28. The topological polar surface area (TPSA) is 72.0 Å². The minimum Gasteiger partial charge on any atom is -0.264 e. The predicted octanol–water partition coefficient (Wildman–Crippen LogP) is 1.92. The standard InChI is InChI=1S/C12H12ClN3O2S/c1-9-7-14-6-4-10(9)8-16-19(17,18)11-3-2-5-15-12(11)13/h2-7,16H,8H2,1H3. The van der Waals surface area contributed by atoms with Gasteiger partial charge >= 0.3 is 0 Å².